The van der Waals surface area contributed by atoms with Crippen molar-refractivity contribution in [3.05, 3.63) is 59.7 Å². The van der Waals surface area contributed by atoms with Crippen molar-refractivity contribution in [1.29, 1.82) is 0 Å². The highest BCUT2D eigenvalue weighted by Crippen LogP contribution is 2.54. The molecule has 3 aromatic rings. The monoisotopic (exact) mass is 649 g/mol. The molecule has 2 aliphatic heterocycles. The minimum absolute atomic E-state index is 0.0148. The van der Waals surface area contributed by atoms with Crippen molar-refractivity contribution in [2.24, 2.45) is 13.0 Å². The van der Waals surface area contributed by atoms with Crippen LogP contribution in [-0.4, -0.2) is 66.8 Å². The number of hydrogen-bond donors (Lipinski definition) is 0. The number of aromatic nitrogens is 4. The van der Waals surface area contributed by atoms with E-state index >= 15 is 0 Å². The zero-order valence-electron chi connectivity index (χ0n) is 25.8. The summed E-state index contributed by atoms with van der Waals surface area (Å²) in [5.74, 6) is 0.485. The molecule has 1 saturated carbocycles. The Morgan fingerprint density at radius 2 is 1.54 bits per heavy atom. The first-order valence-corrected chi connectivity index (χ1v) is 15.7. The van der Waals surface area contributed by atoms with Gasteiger partial charge >= 0.3 is 18.4 Å². The van der Waals surface area contributed by atoms with Crippen molar-refractivity contribution in [1.82, 2.24) is 29.5 Å². The molecule has 2 saturated heterocycles. The summed E-state index contributed by atoms with van der Waals surface area (Å²) in [6, 6.07) is 1.35. The minimum Gasteiger partial charge on any atom is -0.333 e. The Kier molecular flexibility index (Phi) is 8.43. The van der Waals surface area contributed by atoms with Crippen LogP contribution in [0.1, 0.15) is 68.6 Å². The molecular formula is C32H37F6N7O. The molecule has 4 heterocycles. The lowest BCUT2D eigenvalue weighted by Crippen LogP contribution is -2.51. The summed E-state index contributed by atoms with van der Waals surface area (Å²) >= 11 is 0. The molecule has 1 aromatic carbocycles. The second-order valence-electron chi connectivity index (χ2n) is 12.9. The van der Waals surface area contributed by atoms with E-state index in [0.717, 1.165) is 43.4 Å². The summed E-state index contributed by atoms with van der Waals surface area (Å²) < 4.78 is 84.2. The third kappa shape index (κ3) is 6.52. The van der Waals surface area contributed by atoms with Crippen LogP contribution in [0.3, 0.4) is 0 Å². The first-order valence-electron chi connectivity index (χ1n) is 15.7. The fraction of sp³-hybridized carbons (Fsp3) is 0.562. The molecule has 3 atom stereocenters. The predicted molar refractivity (Wildman–Crippen MR) is 159 cm³/mol. The van der Waals surface area contributed by atoms with E-state index in [1.165, 1.54) is 0 Å². The van der Waals surface area contributed by atoms with Gasteiger partial charge in [0.05, 0.1) is 17.3 Å². The van der Waals surface area contributed by atoms with Crippen LogP contribution in [0.5, 0.6) is 0 Å². The lowest BCUT2D eigenvalue weighted by atomic mass is 10.0. The number of aryl methyl sites for hydroxylation is 1. The normalized spacial score (nSPS) is 23.8. The maximum absolute atomic E-state index is 13.8. The predicted octanol–water partition coefficient (Wildman–Crippen LogP) is 7.16. The quantitative estimate of drug-likeness (QED) is 0.275. The molecule has 2 amide bonds. The van der Waals surface area contributed by atoms with Crippen LogP contribution in [0.25, 0.3) is 11.1 Å². The SMILES string of the molecule is C[C@@H]1CC12CCC(N(Cc1cc(C(F)(F)F)cc(C(F)(F)F)c1)c1ncc(-c3cnn(C)c3)cn1)CCN2C(=O)N1CCCCC1. The Balaban J connectivity index is 1.34. The fourth-order valence-electron chi connectivity index (χ4n) is 7.11. The molecule has 1 aliphatic carbocycles. The number of rotatable bonds is 5. The zero-order valence-corrected chi connectivity index (χ0v) is 25.8. The Labute approximate surface area is 263 Å². The molecule has 3 aliphatic rings. The topological polar surface area (TPSA) is 70.4 Å². The van der Waals surface area contributed by atoms with Crippen LogP contribution >= 0.6 is 0 Å². The van der Waals surface area contributed by atoms with E-state index in [2.05, 4.69) is 22.0 Å². The molecule has 0 radical (unpaired) electrons. The average Bonchev–Trinajstić information content (AvgIpc) is 3.54. The van der Waals surface area contributed by atoms with Gasteiger partial charge in [-0.3, -0.25) is 4.68 Å². The summed E-state index contributed by atoms with van der Waals surface area (Å²) in [4.78, 5) is 28.5. The number of amides is 2. The fourth-order valence-corrected chi connectivity index (χ4v) is 7.11. The van der Waals surface area contributed by atoms with E-state index in [9.17, 15) is 31.1 Å². The number of urea groups is 1. The van der Waals surface area contributed by atoms with E-state index < -0.39 is 23.5 Å². The van der Waals surface area contributed by atoms with Gasteiger partial charge in [0, 0.05) is 74.5 Å². The van der Waals surface area contributed by atoms with Crippen LogP contribution in [-0.2, 0) is 25.9 Å². The van der Waals surface area contributed by atoms with Gasteiger partial charge in [0.2, 0.25) is 5.95 Å². The lowest BCUT2D eigenvalue weighted by Gasteiger charge is -2.37. The van der Waals surface area contributed by atoms with Crippen molar-refractivity contribution in [2.45, 2.75) is 82.3 Å². The summed E-state index contributed by atoms with van der Waals surface area (Å²) in [5.41, 5.74) is -1.76. The molecule has 248 valence electrons. The number of nitrogens with zero attached hydrogens (tertiary/aromatic N) is 7. The third-order valence-electron chi connectivity index (χ3n) is 9.78. The molecule has 6 rings (SSSR count). The minimum atomic E-state index is -4.96. The van der Waals surface area contributed by atoms with E-state index in [1.54, 1.807) is 41.4 Å². The van der Waals surface area contributed by atoms with E-state index in [1.807, 2.05) is 9.80 Å². The highest BCUT2D eigenvalue weighted by Gasteiger charge is 2.58. The Morgan fingerprint density at radius 3 is 2.09 bits per heavy atom. The molecule has 14 heteroatoms. The van der Waals surface area contributed by atoms with Crippen molar-refractivity contribution < 1.29 is 31.1 Å². The standard InChI is InChI=1S/C32H37F6N7O/c1-21-15-30(21)8-6-27(7-11-45(30)29(46)43-9-4-3-5-10-43)44(28-39-16-23(17-40-28)24-18-41-42(2)20-24)19-22-12-25(31(33,34)35)14-26(13-22)32(36,37)38/h12-14,16-18,20-21,27H,3-11,15,19H2,1-2H3/t21-,27?,30?/m1/s1. The molecule has 2 aromatic heterocycles. The van der Waals surface area contributed by atoms with Gasteiger partial charge in [-0.05, 0) is 74.6 Å². The smallest absolute Gasteiger partial charge is 0.333 e. The van der Waals surface area contributed by atoms with Gasteiger partial charge in [0.1, 0.15) is 0 Å². The number of likely N-dealkylation sites (tertiary alicyclic amines) is 2. The van der Waals surface area contributed by atoms with Gasteiger partial charge in [-0.1, -0.05) is 6.92 Å². The molecule has 3 fully saturated rings. The van der Waals surface area contributed by atoms with Gasteiger partial charge in [0.15, 0.2) is 0 Å². The Bertz CT molecular complexity index is 1520. The van der Waals surface area contributed by atoms with Crippen LogP contribution in [0.15, 0.2) is 43.0 Å². The number of benzene rings is 1. The highest BCUT2D eigenvalue weighted by atomic mass is 19.4. The summed E-state index contributed by atoms with van der Waals surface area (Å²) in [6.45, 7) is 3.70. The molecular weight excluding hydrogens is 612 g/mol. The van der Waals surface area contributed by atoms with E-state index in [-0.39, 0.29) is 41.7 Å². The third-order valence-corrected chi connectivity index (χ3v) is 9.78. The highest BCUT2D eigenvalue weighted by molar-refractivity contribution is 5.76. The van der Waals surface area contributed by atoms with Crippen LogP contribution in [0, 0.1) is 5.92 Å². The zero-order chi connectivity index (χ0) is 32.9. The van der Waals surface area contributed by atoms with Gasteiger partial charge in [-0.2, -0.15) is 31.4 Å². The Morgan fingerprint density at radius 1 is 0.913 bits per heavy atom. The van der Waals surface area contributed by atoms with Gasteiger partial charge in [-0.25, -0.2) is 14.8 Å². The summed E-state index contributed by atoms with van der Waals surface area (Å²) in [5, 5.41) is 4.16. The number of carbonyl (C=O) groups is 1. The molecule has 46 heavy (non-hydrogen) atoms. The summed E-state index contributed by atoms with van der Waals surface area (Å²) in [7, 11) is 1.77. The van der Waals surface area contributed by atoms with E-state index in [0.29, 0.717) is 50.4 Å². The van der Waals surface area contributed by atoms with Crippen LogP contribution < -0.4 is 4.90 Å². The molecule has 2 unspecified atom stereocenters. The first-order chi connectivity index (χ1) is 21.7. The van der Waals surface area contributed by atoms with E-state index in [4.69, 9.17) is 0 Å². The van der Waals surface area contributed by atoms with Crippen molar-refractivity contribution in [3.63, 3.8) is 0 Å². The summed E-state index contributed by atoms with van der Waals surface area (Å²) in [6.07, 6.45) is 2.23. The van der Waals surface area contributed by atoms with Crippen LogP contribution in [0.2, 0.25) is 0 Å². The average molecular weight is 650 g/mol. The van der Waals surface area contributed by atoms with Crippen LogP contribution in [0.4, 0.5) is 37.1 Å². The largest absolute Gasteiger partial charge is 0.416 e. The lowest BCUT2D eigenvalue weighted by molar-refractivity contribution is -0.143. The Hall–Kier alpha value is -3.84. The number of piperidine rings is 1. The number of halogens is 6. The maximum Gasteiger partial charge on any atom is 0.416 e. The molecule has 8 nitrogen and oxygen atoms in total. The van der Waals surface area contributed by atoms with Gasteiger partial charge in [0.25, 0.3) is 0 Å². The molecule has 0 bridgehead atoms. The second-order valence-corrected chi connectivity index (χ2v) is 12.9. The van der Waals surface area contributed by atoms with Crippen molar-refractivity contribution >= 4 is 12.0 Å². The van der Waals surface area contributed by atoms with Gasteiger partial charge in [-0.15, -0.1) is 0 Å². The number of hydrogen-bond acceptors (Lipinski definition) is 5. The van der Waals surface area contributed by atoms with Crippen molar-refractivity contribution in [2.75, 3.05) is 24.5 Å². The van der Waals surface area contributed by atoms with Gasteiger partial charge < -0.3 is 14.7 Å². The van der Waals surface area contributed by atoms with Crippen molar-refractivity contribution in [3.8, 4) is 11.1 Å². The molecule has 0 N–H and O–H groups in total. The maximum atomic E-state index is 13.8. The number of anilines is 1. The first kappa shape index (κ1) is 32.1. The number of carbonyl (C=O) groups excluding carboxylic acids is 1. The second kappa shape index (κ2) is 12.1. The number of alkyl halides is 6. The molecule has 1 spiro atoms.